The molecule has 1 aromatic heterocycles. The maximum Gasteiger partial charge on any atom is 0.233 e. The first kappa shape index (κ1) is 17.3. The number of amides is 1. The first-order chi connectivity index (χ1) is 11.6. The number of halogens is 1. The number of carbonyl (C=O) groups is 1. The number of aromatic nitrogens is 3. The largest absolute Gasteiger partial charge is 0.342 e. The van der Waals surface area contributed by atoms with Gasteiger partial charge in [-0.2, -0.15) is 0 Å². The lowest BCUT2D eigenvalue weighted by atomic mass is 10.0. The SMILES string of the molecule is C[C@@H]1CCCN(C(=O)CSc2nnc(-c3ccccc3Cl)n2C)C1. The van der Waals surface area contributed by atoms with Crippen LogP contribution in [0.15, 0.2) is 29.4 Å². The monoisotopic (exact) mass is 364 g/mol. The molecule has 3 rings (SSSR count). The number of rotatable bonds is 4. The van der Waals surface area contributed by atoms with Crippen molar-refractivity contribution in [2.24, 2.45) is 13.0 Å². The van der Waals surface area contributed by atoms with Crippen LogP contribution in [-0.2, 0) is 11.8 Å². The minimum atomic E-state index is 0.175. The molecule has 1 aromatic carbocycles. The normalized spacial score (nSPS) is 18.0. The Hall–Kier alpha value is -1.53. The molecule has 0 bridgehead atoms. The molecule has 0 spiro atoms. The summed E-state index contributed by atoms with van der Waals surface area (Å²) < 4.78 is 1.89. The Morgan fingerprint density at radius 2 is 2.17 bits per heavy atom. The van der Waals surface area contributed by atoms with Crippen LogP contribution < -0.4 is 0 Å². The zero-order valence-corrected chi connectivity index (χ0v) is 15.5. The average Bonchev–Trinajstić information content (AvgIpc) is 2.94. The summed E-state index contributed by atoms with van der Waals surface area (Å²) in [4.78, 5) is 14.4. The summed E-state index contributed by atoms with van der Waals surface area (Å²) in [6.45, 7) is 3.93. The Morgan fingerprint density at radius 3 is 2.92 bits per heavy atom. The molecule has 0 saturated carbocycles. The van der Waals surface area contributed by atoms with Crippen LogP contribution in [0.3, 0.4) is 0 Å². The summed E-state index contributed by atoms with van der Waals surface area (Å²) in [6.07, 6.45) is 2.31. The van der Waals surface area contributed by atoms with E-state index in [-0.39, 0.29) is 5.91 Å². The summed E-state index contributed by atoms with van der Waals surface area (Å²) in [6, 6.07) is 7.56. The minimum absolute atomic E-state index is 0.175. The summed E-state index contributed by atoms with van der Waals surface area (Å²) in [7, 11) is 1.90. The number of likely N-dealkylation sites (tertiary alicyclic amines) is 1. The molecule has 0 unspecified atom stereocenters. The Morgan fingerprint density at radius 1 is 1.38 bits per heavy atom. The molecule has 7 heteroatoms. The lowest BCUT2D eigenvalue weighted by molar-refractivity contribution is -0.130. The lowest BCUT2D eigenvalue weighted by Crippen LogP contribution is -2.40. The minimum Gasteiger partial charge on any atom is -0.342 e. The van der Waals surface area contributed by atoms with Crippen LogP contribution in [0.2, 0.25) is 5.02 Å². The molecular weight excluding hydrogens is 344 g/mol. The molecule has 1 fully saturated rings. The molecule has 1 aliphatic heterocycles. The van der Waals surface area contributed by atoms with Crippen molar-refractivity contribution in [1.82, 2.24) is 19.7 Å². The molecule has 5 nitrogen and oxygen atoms in total. The van der Waals surface area contributed by atoms with Gasteiger partial charge in [0.25, 0.3) is 0 Å². The van der Waals surface area contributed by atoms with Crippen molar-refractivity contribution >= 4 is 29.3 Å². The highest BCUT2D eigenvalue weighted by Crippen LogP contribution is 2.28. The molecule has 1 atom stereocenters. The second-order valence-electron chi connectivity index (χ2n) is 6.22. The second-order valence-corrected chi connectivity index (χ2v) is 7.57. The number of carbonyl (C=O) groups excluding carboxylic acids is 1. The third-order valence-corrected chi connectivity index (χ3v) is 5.62. The van der Waals surface area contributed by atoms with Gasteiger partial charge in [-0.15, -0.1) is 10.2 Å². The Kier molecular flexibility index (Phi) is 5.46. The van der Waals surface area contributed by atoms with E-state index >= 15 is 0 Å². The highest BCUT2D eigenvalue weighted by Gasteiger charge is 2.22. The van der Waals surface area contributed by atoms with Crippen LogP contribution in [-0.4, -0.2) is 44.4 Å². The fourth-order valence-corrected chi connectivity index (χ4v) is 3.99. The van der Waals surface area contributed by atoms with Crippen LogP contribution in [0, 0.1) is 5.92 Å². The Labute approximate surface area is 151 Å². The van der Waals surface area contributed by atoms with Gasteiger partial charge in [-0.25, -0.2) is 0 Å². The van der Waals surface area contributed by atoms with Crippen molar-refractivity contribution in [1.29, 1.82) is 0 Å². The van der Waals surface area contributed by atoms with Crippen LogP contribution in [0.5, 0.6) is 0 Å². The molecule has 0 N–H and O–H groups in total. The quantitative estimate of drug-likeness (QED) is 0.779. The van der Waals surface area contributed by atoms with Crippen molar-refractivity contribution in [2.75, 3.05) is 18.8 Å². The average molecular weight is 365 g/mol. The third-order valence-electron chi connectivity index (χ3n) is 4.28. The number of benzene rings is 1. The van der Waals surface area contributed by atoms with Crippen molar-refractivity contribution in [3.63, 3.8) is 0 Å². The zero-order valence-electron chi connectivity index (χ0n) is 13.9. The lowest BCUT2D eigenvalue weighted by Gasteiger charge is -2.30. The molecule has 128 valence electrons. The first-order valence-electron chi connectivity index (χ1n) is 8.11. The van der Waals surface area contributed by atoms with E-state index in [1.165, 1.54) is 18.2 Å². The number of nitrogens with zero attached hydrogens (tertiary/aromatic N) is 4. The number of hydrogen-bond donors (Lipinski definition) is 0. The van der Waals surface area contributed by atoms with Crippen molar-refractivity contribution < 1.29 is 4.79 Å². The van der Waals surface area contributed by atoms with Crippen LogP contribution in [0.1, 0.15) is 19.8 Å². The maximum absolute atomic E-state index is 12.4. The fourth-order valence-electron chi connectivity index (χ4n) is 2.95. The molecule has 1 amide bonds. The highest BCUT2D eigenvalue weighted by atomic mass is 35.5. The van der Waals surface area contributed by atoms with Gasteiger partial charge < -0.3 is 9.47 Å². The van der Waals surface area contributed by atoms with Crippen molar-refractivity contribution in [2.45, 2.75) is 24.9 Å². The van der Waals surface area contributed by atoms with Crippen LogP contribution >= 0.6 is 23.4 Å². The Balaban J connectivity index is 1.66. The van der Waals surface area contributed by atoms with Gasteiger partial charge in [-0.3, -0.25) is 4.79 Å². The van der Waals surface area contributed by atoms with E-state index in [1.807, 2.05) is 40.8 Å². The summed E-state index contributed by atoms with van der Waals surface area (Å²) in [5.74, 6) is 1.87. The van der Waals surface area contributed by atoms with Gasteiger partial charge in [0.2, 0.25) is 5.91 Å². The Bertz CT molecular complexity index is 733. The van der Waals surface area contributed by atoms with E-state index in [0.717, 1.165) is 30.2 Å². The molecule has 2 heterocycles. The summed E-state index contributed by atoms with van der Waals surface area (Å²) in [5, 5.41) is 9.81. The molecule has 24 heavy (non-hydrogen) atoms. The van der Waals surface area contributed by atoms with Crippen molar-refractivity contribution in [3.8, 4) is 11.4 Å². The van der Waals surface area contributed by atoms with Gasteiger partial charge in [0.1, 0.15) is 0 Å². The molecule has 1 aliphatic rings. The summed E-state index contributed by atoms with van der Waals surface area (Å²) in [5.41, 5.74) is 0.845. The molecule has 0 aliphatic carbocycles. The number of thioether (sulfide) groups is 1. The third kappa shape index (κ3) is 3.75. The van der Waals surface area contributed by atoms with Crippen LogP contribution in [0.4, 0.5) is 0 Å². The van der Waals surface area contributed by atoms with Gasteiger partial charge in [-0.1, -0.05) is 42.4 Å². The predicted octanol–water partition coefficient (Wildman–Crippen LogP) is 3.49. The standard InChI is InChI=1S/C17H21ClN4OS/c1-12-6-5-9-22(10-12)15(23)11-24-17-20-19-16(21(17)2)13-7-3-4-8-14(13)18/h3-4,7-8,12H,5-6,9-11H2,1-2H3/t12-/m1/s1. The van der Waals surface area contributed by atoms with Crippen LogP contribution in [0.25, 0.3) is 11.4 Å². The van der Waals surface area contributed by atoms with Gasteiger partial charge in [0.05, 0.1) is 10.8 Å². The second kappa shape index (κ2) is 7.57. The molecule has 0 radical (unpaired) electrons. The van der Waals surface area contributed by atoms with E-state index in [4.69, 9.17) is 11.6 Å². The van der Waals surface area contributed by atoms with E-state index in [9.17, 15) is 4.79 Å². The topological polar surface area (TPSA) is 51.0 Å². The maximum atomic E-state index is 12.4. The smallest absolute Gasteiger partial charge is 0.233 e. The van der Waals surface area contributed by atoms with E-state index in [1.54, 1.807) is 0 Å². The summed E-state index contributed by atoms with van der Waals surface area (Å²) >= 11 is 7.66. The first-order valence-corrected chi connectivity index (χ1v) is 9.47. The van der Waals surface area contributed by atoms with E-state index in [2.05, 4.69) is 17.1 Å². The van der Waals surface area contributed by atoms with Gasteiger partial charge in [0.15, 0.2) is 11.0 Å². The van der Waals surface area contributed by atoms with Gasteiger partial charge >= 0.3 is 0 Å². The molecular formula is C17H21ClN4OS. The predicted molar refractivity (Wildman–Crippen MR) is 97.2 cm³/mol. The highest BCUT2D eigenvalue weighted by molar-refractivity contribution is 7.99. The van der Waals surface area contributed by atoms with Gasteiger partial charge in [-0.05, 0) is 30.9 Å². The van der Waals surface area contributed by atoms with E-state index < -0.39 is 0 Å². The molecule has 1 saturated heterocycles. The van der Waals surface area contributed by atoms with E-state index in [0.29, 0.717) is 22.5 Å². The fraction of sp³-hybridized carbons (Fsp3) is 0.471. The zero-order chi connectivity index (χ0) is 17.1. The van der Waals surface area contributed by atoms with Gasteiger partial charge in [0, 0.05) is 25.7 Å². The van der Waals surface area contributed by atoms with Crippen molar-refractivity contribution in [3.05, 3.63) is 29.3 Å². The number of piperidine rings is 1. The molecule has 2 aromatic rings. The number of hydrogen-bond acceptors (Lipinski definition) is 4.